The fourth-order valence-corrected chi connectivity index (χ4v) is 2.86. The Balaban J connectivity index is 2.49. The van der Waals surface area contributed by atoms with E-state index in [2.05, 4.69) is 10.2 Å². The first-order chi connectivity index (χ1) is 8.15. The van der Waals surface area contributed by atoms with Crippen LogP contribution in [0.1, 0.15) is 6.42 Å². The maximum Gasteiger partial charge on any atom is 0.302 e. The Hall–Kier alpha value is -1.48. The Labute approximate surface area is 104 Å². The number of nitro groups is 1. The molecule has 0 aliphatic heterocycles. The lowest BCUT2D eigenvalue weighted by Crippen LogP contribution is -1.93. The minimum atomic E-state index is -0.728. The number of nitrogens with zero attached hydrogens (tertiary/aromatic N) is 3. The quantitative estimate of drug-likeness (QED) is 0.258. The summed E-state index contributed by atoms with van der Waals surface area (Å²) in [4.78, 5) is 34.4. The largest absolute Gasteiger partial charge is 0.302 e. The predicted octanol–water partition coefficient (Wildman–Crippen LogP) is 2.41. The highest BCUT2D eigenvalue weighted by atomic mass is 33.1. The lowest BCUT2D eigenvalue weighted by Gasteiger charge is -1.99. The van der Waals surface area contributed by atoms with Crippen molar-refractivity contribution in [2.75, 3.05) is 5.75 Å². The van der Waals surface area contributed by atoms with E-state index in [-0.39, 0.29) is 17.1 Å². The summed E-state index contributed by atoms with van der Waals surface area (Å²) in [7, 11) is 2.31. The fraction of sp³-hybridized carbons (Fsp3) is 0.250. The third-order valence-electron chi connectivity index (χ3n) is 1.59. The Morgan fingerprint density at radius 2 is 2.35 bits per heavy atom. The third-order valence-corrected chi connectivity index (χ3v) is 3.87. The molecular formula is C8H7N3O4S2. The molecule has 0 saturated heterocycles. The SMILES string of the molecule is O=NC(=O)CCSSc1ncccc1[N+](=O)[O-]. The highest BCUT2D eigenvalue weighted by molar-refractivity contribution is 8.76. The molecule has 0 aliphatic rings. The third kappa shape index (κ3) is 4.49. The molecule has 0 radical (unpaired) electrons. The van der Waals surface area contributed by atoms with Gasteiger partial charge in [0.1, 0.15) is 0 Å². The van der Waals surface area contributed by atoms with E-state index in [0.717, 1.165) is 10.8 Å². The second-order valence-corrected chi connectivity index (χ2v) is 5.13. The Morgan fingerprint density at radius 1 is 1.59 bits per heavy atom. The van der Waals surface area contributed by atoms with Gasteiger partial charge < -0.3 is 0 Å². The molecule has 0 fully saturated rings. The normalized spacial score (nSPS) is 9.88. The van der Waals surface area contributed by atoms with Crippen molar-refractivity contribution >= 4 is 33.2 Å². The first kappa shape index (κ1) is 13.6. The lowest BCUT2D eigenvalue weighted by atomic mass is 10.4. The van der Waals surface area contributed by atoms with E-state index in [1.54, 1.807) is 0 Å². The van der Waals surface area contributed by atoms with Crippen LogP contribution in [-0.2, 0) is 4.79 Å². The molecule has 1 amide bonds. The van der Waals surface area contributed by atoms with Gasteiger partial charge in [0.05, 0.1) is 4.92 Å². The van der Waals surface area contributed by atoms with Gasteiger partial charge in [-0.3, -0.25) is 14.9 Å². The van der Waals surface area contributed by atoms with Gasteiger partial charge in [0.25, 0.3) is 5.91 Å². The minimum absolute atomic E-state index is 0.0157. The van der Waals surface area contributed by atoms with Gasteiger partial charge in [-0.05, 0) is 16.9 Å². The average molecular weight is 273 g/mol. The summed E-state index contributed by atoms with van der Waals surface area (Å²) in [5, 5.41) is 13.2. The van der Waals surface area contributed by atoms with Crippen molar-refractivity contribution in [2.24, 2.45) is 5.18 Å². The average Bonchev–Trinajstić information content (AvgIpc) is 2.34. The molecule has 0 saturated carbocycles. The predicted molar refractivity (Wildman–Crippen MR) is 64.6 cm³/mol. The van der Waals surface area contributed by atoms with Gasteiger partial charge in [0.15, 0.2) is 5.03 Å². The molecule has 0 aliphatic carbocycles. The summed E-state index contributed by atoms with van der Waals surface area (Å²) in [6, 6.07) is 2.83. The molecule has 9 heteroatoms. The second kappa shape index (κ2) is 6.97. The molecule has 1 rings (SSSR count). The molecule has 0 N–H and O–H groups in total. The summed E-state index contributed by atoms with van der Waals surface area (Å²) in [6.07, 6.45) is 1.47. The van der Waals surface area contributed by atoms with Crippen LogP contribution in [0.15, 0.2) is 28.5 Å². The van der Waals surface area contributed by atoms with Crippen LogP contribution >= 0.6 is 21.6 Å². The molecule has 0 bridgehead atoms. The van der Waals surface area contributed by atoms with E-state index in [1.807, 2.05) is 0 Å². The number of carbonyl (C=O) groups excluding carboxylic acids is 1. The van der Waals surface area contributed by atoms with Crippen LogP contribution in [0.2, 0.25) is 0 Å². The summed E-state index contributed by atoms with van der Waals surface area (Å²) in [6.45, 7) is 0. The molecule has 17 heavy (non-hydrogen) atoms. The topological polar surface area (TPSA) is 103 Å². The van der Waals surface area contributed by atoms with Gasteiger partial charge in [-0.1, -0.05) is 10.8 Å². The zero-order valence-electron chi connectivity index (χ0n) is 8.44. The summed E-state index contributed by atoms with van der Waals surface area (Å²) in [5.74, 6) is -0.378. The monoisotopic (exact) mass is 273 g/mol. The van der Waals surface area contributed by atoms with E-state index < -0.39 is 10.8 Å². The lowest BCUT2D eigenvalue weighted by molar-refractivity contribution is -0.388. The maximum atomic E-state index is 10.6. The molecule has 1 heterocycles. The van der Waals surface area contributed by atoms with Crippen molar-refractivity contribution in [2.45, 2.75) is 11.4 Å². The summed E-state index contributed by atoms with van der Waals surface area (Å²) >= 11 is 0. The van der Waals surface area contributed by atoms with Crippen molar-refractivity contribution in [3.05, 3.63) is 33.4 Å². The fourth-order valence-electron chi connectivity index (χ4n) is 0.858. The maximum absolute atomic E-state index is 10.6. The van der Waals surface area contributed by atoms with Crippen molar-refractivity contribution in [1.29, 1.82) is 0 Å². The van der Waals surface area contributed by atoms with E-state index in [0.29, 0.717) is 5.75 Å². The van der Waals surface area contributed by atoms with Crippen molar-refractivity contribution in [1.82, 2.24) is 4.98 Å². The molecule has 0 spiro atoms. The molecule has 1 aromatic heterocycles. The number of carbonyl (C=O) groups is 1. The van der Waals surface area contributed by atoms with Crippen LogP contribution < -0.4 is 0 Å². The van der Waals surface area contributed by atoms with Crippen molar-refractivity contribution in [3.8, 4) is 0 Å². The summed E-state index contributed by atoms with van der Waals surface area (Å²) in [5.41, 5.74) is -0.0789. The molecule has 0 aromatic carbocycles. The van der Waals surface area contributed by atoms with Crippen LogP contribution in [0.4, 0.5) is 5.69 Å². The zero-order chi connectivity index (χ0) is 12.7. The van der Waals surface area contributed by atoms with Gasteiger partial charge >= 0.3 is 5.69 Å². The van der Waals surface area contributed by atoms with Crippen LogP contribution in [0.5, 0.6) is 0 Å². The molecule has 1 aromatic rings. The Morgan fingerprint density at radius 3 is 3.00 bits per heavy atom. The number of hydrogen-bond donors (Lipinski definition) is 0. The second-order valence-electron chi connectivity index (χ2n) is 2.73. The highest BCUT2D eigenvalue weighted by Crippen LogP contribution is 2.35. The van der Waals surface area contributed by atoms with E-state index in [1.165, 1.54) is 29.1 Å². The van der Waals surface area contributed by atoms with Gasteiger partial charge in [-0.2, -0.15) is 0 Å². The first-order valence-electron chi connectivity index (χ1n) is 4.40. The molecule has 0 atom stereocenters. The van der Waals surface area contributed by atoms with E-state index in [4.69, 9.17) is 0 Å². The Bertz CT molecular complexity index is 441. The van der Waals surface area contributed by atoms with Crippen LogP contribution in [0.25, 0.3) is 0 Å². The molecule has 7 nitrogen and oxygen atoms in total. The van der Waals surface area contributed by atoms with Gasteiger partial charge in [-0.25, -0.2) is 4.98 Å². The van der Waals surface area contributed by atoms with Gasteiger partial charge in [-0.15, -0.1) is 4.91 Å². The van der Waals surface area contributed by atoms with Crippen LogP contribution in [0.3, 0.4) is 0 Å². The number of hydrogen-bond acceptors (Lipinski definition) is 7. The standard InChI is InChI=1S/C8H7N3O4S2/c12-7(10-13)3-5-16-17-8-6(11(14)15)2-1-4-9-8/h1-2,4H,3,5H2. The Kier molecular flexibility index (Phi) is 5.57. The number of aromatic nitrogens is 1. The molecular weight excluding hydrogens is 266 g/mol. The van der Waals surface area contributed by atoms with Crippen LogP contribution in [0, 0.1) is 15.0 Å². The van der Waals surface area contributed by atoms with Crippen LogP contribution in [-0.4, -0.2) is 21.6 Å². The molecule has 90 valence electrons. The minimum Gasteiger partial charge on any atom is -0.269 e. The van der Waals surface area contributed by atoms with E-state index in [9.17, 15) is 19.8 Å². The molecule has 0 unspecified atom stereocenters. The number of pyridine rings is 1. The smallest absolute Gasteiger partial charge is 0.269 e. The number of amides is 1. The summed E-state index contributed by atoms with van der Waals surface area (Å²) < 4.78 is 0. The zero-order valence-corrected chi connectivity index (χ0v) is 10.1. The van der Waals surface area contributed by atoms with Gasteiger partial charge in [0.2, 0.25) is 0 Å². The van der Waals surface area contributed by atoms with Crippen molar-refractivity contribution < 1.29 is 9.72 Å². The highest BCUT2D eigenvalue weighted by Gasteiger charge is 2.14. The van der Waals surface area contributed by atoms with Crippen molar-refractivity contribution in [3.63, 3.8) is 0 Å². The van der Waals surface area contributed by atoms with E-state index >= 15 is 0 Å². The number of nitroso groups, excluding NO2 is 1. The van der Waals surface area contributed by atoms with Gasteiger partial charge in [0, 0.05) is 29.6 Å². The number of rotatable bonds is 6. The first-order valence-corrected chi connectivity index (χ1v) is 6.72.